The van der Waals surface area contributed by atoms with Gasteiger partial charge in [-0.05, 0) is 50.7 Å². The Balaban J connectivity index is 1.59. The first-order chi connectivity index (χ1) is 13.0. The van der Waals surface area contributed by atoms with Crippen LogP contribution in [0.5, 0.6) is 0 Å². The van der Waals surface area contributed by atoms with Gasteiger partial charge in [-0.15, -0.1) is 0 Å². The summed E-state index contributed by atoms with van der Waals surface area (Å²) < 4.78 is 35.5. The second kappa shape index (κ2) is 7.19. The highest BCUT2D eigenvalue weighted by Gasteiger charge is 2.21. The Morgan fingerprint density at radius 3 is 2.85 bits per heavy atom. The summed E-state index contributed by atoms with van der Waals surface area (Å²) in [5.74, 6) is -1.76. The molecular weight excluding hydrogens is 352 g/mol. The van der Waals surface area contributed by atoms with Crippen LogP contribution in [0.1, 0.15) is 42.3 Å². The van der Waals surface area contributed by atoms with Crippen molar-refractivity contribution >= 4 is 16.9 Å². The van der Waals surface area contributed by atoms with E-state index in [1.165, 1.54) is 0 Å². The summed E-state index contributed by atoms with van der Waals surface area (Å²) in [6.07, 6.45) is 6.30. The monoisotopic (exact) mass is 373 g/mol. The highest BCUT2D eigenvalue weighted by Crippen LogP contribution is 2.27. The van der Waals surface area contributed by atoms with Gasteiger partial charge in [0.15, 0.2) is 23.5 Å². The lowest BCUT2D eigenvalue weighted by Crippen LogP contribution is -2.19. The van der Waals surface area contributed by atoms with Crippen molar-refractivity contribution in [2.24, 2.45) is 0 Å². The molecule has 1 unspecified atom stereocenters. The maximum atomic E-state index is 14.0. The minimum atomic E-state index is -0.789. The lowest BCUT2D eigenvalue weighted by molar-refractivity contribution is -0.0371. The van der Waals surface area contributed by atoms with E-state index in [-0.39, 0.29) is 24.0 Å². The third kappa shape index (κ3) is 3.37. The Morgan fingerprint density at radius 1 is 1.22 bits per heavy atom. The molecule has 142 valence electrons. The number of aromatic nitrogens is 4. The van der Waals surface area contributed by atoms with Crippen LogP contribution >= 0.6 is 0 Å². The third-order valence-electron chi connectivity index (χ3n) is 4.98. The quantitative estimate of drug-likeness (QED) is 0.757. The van der Waals surface area contributed by atoms with Crippen molar-refractivity contribution in [1.29, 1.82) is 0 Å². The number of ether oxygens (including phenoxy) is 1. The van der Waals surface area contributed by atoms with Crippen LogP contribution in [0.3, 0.4) is 0 Å². The van der Waals surface area contributed by atoms with E-state index in [9.17, 15) is 8.78 Å². The Labute approximate surface area is 155 Å². The Bertz CT molecular complexity index is 982. The zero-order chi connectivity index (χ0) is 19.0. The smallest absolute Gasteiger partial charge is 0.171 e. The maximum absolute atomic E-state index is 14.0. The molecule has 0 bridgehead atoms. The van der Waals surface area contributed by atoms with Crippen LogP contribution in [-0.4, -0.2) is 26.4 Å². The van der Waals surface area contributed by atoms with Gasteiger partial charge in [-0.2, -0.15) is 5.10 Å². The zero-order valence-electron chi connectivity index (χ0n) is 15.1. The number of hydrogen-bond donors (Lipinski definition) is 1. The van der Waals surface area contributed by atoms with Crippen molar-refractivity contribution in [2.75, 3.05) is 12.3 Å². The molecule has 1 aliphatic heterocycles. The molecule has 0 spiro atoms. The van der Waals surface area contributed by atoms with Gasteiger partial charge in [-0.1, -0.05) is 0 Å². The van der Waals surface area contributed by atoms with E-state index in [0.717, 1.165) is 54.4 Å². The van der Waals surface area contributed by atoms with Crippen molar-refractivity contribution in [3.63, 3.8) is 0 Å². The molecule has 1 saturated heterocycles. The highest BCUT2D eigenvalue weighted by molar-refractivity contribution is 5.78. The molecule has 0 radical (unpaired) electrons. The van der Waals surface area contributed by atoms with Crippen molar-refractivity contribution in [3.8, 4) is 0 Å². The average Bonchev–Trinajstić information content (AvgIpc) is 3.02. The lowest BCUT2D eigenvalue weighted by Gasteiger charge is -2.23. The first-order valence-corrected chi connectivity index (χ1v) is 9.08. The molecule has 0 amide bonds. The first-order valence-electron chi connectivity index (χ1n) is 9.08. The van der Waals surface area contributed by atoms with Crippen molar-refractivity contribution in [2.45, 2.75) is 45.3 Å². The molecule has 1 atom stereocenters. The molecule has 4 heterocycles. The Hall–Kier alpha value is -2.61. The molecule has 2 N–H and O–H groups in total. The van der Waals surface area contributed by atoms with Gasteiger partial charge < -0.3 is 10.5 Å². The normalized spacial score (nSPS) is 17.5. The molecule has 27 heavy (non-hydrogen) atoms. The summed E-state index contributed by atoms with van der Waals surface area (Å²) in [5, 5.41) is 5.52. The van der Waals surface area contributed by atoms with Crippen LogP contribution in [-0.2, 0) is 17.6 Å². The van der Waals surface area contributed by atoms with E-state index in [2.05, 4.69) is 15.1 Å². The summed E-state index contributed by atoms with van der Waals surface area (Å²) in [7, 11) is 0. The SMILES string of the molecule is Cc1nn(C2CCCCO2)c2ncc(CCc3c(F)cnc(N)c3F)cc12. The Morgan fingerprint density at radius 2 is 2.07 bits per heavy atom. The minimum Gasteiger partial charge on any atom is -0.381 e. The van der Waals surface area contributed by atoms with Gasteiger partial charge in [0, 0.05) is 23.8 Å². The van der Waals surface area contributed by atoms with E-state index in [0.29, 0.717) is 6.42 Å². The van der Waals surface area contributed by atoms with Gasteiger partial charge in [0.1, 0.15) is 5.82 Å². The number of hydrogen-bond acceptors (Lipinski definition) is 5. The van der Waals surface area contributed by atoms with E-state index in [1.54, 1.807) is 6.20 Å². The molecule has 3 aromatic heterocycles. The fourth-order valence-electron chi connectivity index (χ4n) is 3.49. The molecule has 0 saturated carbocycles. The number of rotatable bonds is 4. The molecule has 3 aromatic rings. The summed E-state index contributed by atoms with van der Waals surface area (Å²) in [4.78, 5) is 8.03. The zero-order valence-corrected chi connectivity index (χ0v) is 15.1. The van der Waals surface area contributed by atoms with Gasteiger partial charge in [0.25, 0.3) is 0 Å². The van der Waals surface area contributed by atoms with E-state index < -0.39 is 11.6 Å². The lowest BCUT2D eigenvalue weighted by atomic mass is 10.0. The van der Waals surface area contributed by atoms with Crippen LogP contribution in [0, 0.1) is 18.6 Å². The molecule has 6 nitrogen and oxygen atoms in total. The van der Waals surface area contributed by atoms with Gasteiger partial charge in [0.05, 0.1) is 11.9 Å². The predicted molar refractivity (Wildman–Crippen MR) is 97.1 cm³/mol. The average molecular weight is 373 g/mol. The summed E-state index contributed by atoms with van der Waals surface area (Å²) in [6, 6.07) is 1.98. The second-order valence-electron chi connectivity index (χ2n) is 6.85. The van der Waals surface area contributed by atoms with Gasteiger partial charge in [-0.25, -0.2) is 23.4 Å². The number of fused-ring (bicyclic) bond motifs is 1. The van der Waals surface area contributed by atoms with Crippen LogP contribution in [0.15, 0.2) is 18.5 Å². The van der Waals surface area contributed by atoms with Crippen molar-refractivity contribution in [1.82, 2.24) is 19.7 Å². The molecular formula is C19H21F2N5O. The number of pyridine rings is 2. The summed E-state index contributed by atoms with van der Waals surface area (Å²) in [5.41, 5.74) is 7.90. The van der Waals surface area contributed by atoms with Gasteiger partial charge in [0.2, 0.25) is 0 Å². The number of nitrogen functional groups attached to an aromatic ring is 1. The number of nitrogens with zero attached hydrogens (tertiary/aromatic N) is 4. The number of nitrogens with two attached hydrogens (primary N) is 1. The van der Waals surface area contributed by atoms with Crippen LogP contribution in [0.2, 0.25) is 0 Å². The fraction of sp³-hybridized carbons (Fsp3) is 0.421. The van der Waals surface area contributed by atoms with Crippen LogP contribution in [0.25, 0.3) is 11.0 Å². The van der Waals surface area contributed by atoms with Crippen molar-refractivity contribution in [3.05, 3.63) is 46.9 Å². The number of anilines is 1. The second-order valence-corrected chi connectivity index (χ2v) is 6.85. The highest BCUT2D eigenvalue weighted by atomic mass is 19.1. The number of aryl methyl sites for hydroxylation is 2. The van der Waals surface area contributed by atoms with E-state index in [4.69, 9.17) is 10.5 Å². The molecule has 4 rings (SSSR count). The predicted octanol–water partition coefficient (Wildman–Crippen LogP) is 3.48. The fourth-order valence-corrected chi connectivity index (χ4v) is 3.49. The van der Waals surface area contributed by atoms with E-state index >= 15 is 0 Å². The molecule has 1 fully saturated rings. The van der Waals surface area contributed by atoms with E-state index in [1.807, 2.05) is 17.7 Å². The molecule has 1 aliphatic rings. The summed E-state index contributed by atoms with van der Waals surface area (Å²) in [6.45, 7) is 2.66. The minimum absolute atomic E-state index is 0.0504. The van der Waals surface area contributed by atoms with Gasteiger partial charge >= 0.3 is 0 Å². The summed E-state index contributed by atoms with van der Waals surface area (Å²) >= 11 is 0. The molecule has 8 heteroatoms. The molecule has 0 aliphatic carbocycles. The topological polar surface area (TPSA) is 78.8 Å². The Kier molecular flexibility index (Phi) is 4.73. The number of halogens is 2. The standard InChI is InChI=1S/C19H21F2N5O/c1-11-14-8-12(5-6-13-15(20)10-23-18(22)17(13)21)9-24-19(14)26(25-11)16-4-2-3-7-27-16/h8-10,16H,2-7H2,1H3,(H2,22,23). The largest absolute Gasteiger partial charge is 0.381 e. The van der Waals surface area contributed by atoms with Gasteiger partial charge in [-0.3, -0.25) is 0 Å². The maximum Gasteiger partial charge on any atom is 0.171 e. The first kappa shape index (κ1) is 17.8. The van der Waals surface area contributed by atoms with Crippen LogP contribution < -0.4 is 5.73 Å². The van der Waals surface area contributed by atoms with Crippen molar-refractivity contribution < 1.29 is 13.5 Å². The molecule has 0 aromatic carbocycles. The van der Waals surface area contributed by atoms with Crippen LogP contribution in [0.4, 0.5) is 14.6 Å². The third-order valence-corrected chi connectivity index (χ3v) is 4.98.